The van der Waals surface area contributed by atoms with Crippen LogP contribution in [0.5, 0.6) is 0 Å². The molecular weight excluding hydrogens is 201 g/mol. The number of hydrogen-bond donors (Lipinski definition) is 0. The van der Waals surface area contributed by atoms with Crippen LogP contribution in [0.2, 0.25) is 0 Å². The molecule has 1 aromatic rings. The number of aromatic carboxylic acids is 1. The van der Waals surface area contributed by atoms with Crippen LogP contribution in [-0.4, -0.2) is 10.1 Å². The average Bonchev–Trinajstić information content (AvgIpc) is 2.04. The van der Waals surface area contributed by atoms with Crippen molar-refractivity contribution in [1.29, 1.82) is 0 Å². The maximum absolute atomic E-state index is 10.6. The molecule has 6 heteroatoms. The van der Waals surface area contributed by atoms with E-state index in [1.54, 1.807) is 0 Å². The molecule has 1 rings (SSSR count). The van der Waals surface area contributed by atoms with E-state index in [4.69, 9.17) is 0 Å². The van der Waals surface area contributed by atoms with Gasteiger partial charge in [0.2, 0.25) is 5.69 Å². The summed E-state index contributed by atoms with van der Waals surface area (Å²) in [5.41, 5.74) is -0.269. The average molecular weight is 205 g/mol. The maximum Gasteiger partial charge on any atom is 1.00 e. The Morgan fingerprint density at radius 1 is 1.38 bits per heavy atom. The monoisotopic (exact) mass is 205 g/mol. The second kappa shape index (κ2) is 5.29. The minimum absolute atomic E-state index is 0. The van der Waals surface area contributed by atoms with E-state index in [0.717, 1.165) is 0 Å². The molecule has 0 unspecified atom stereocenters. The van der Waals surface area contributed by atoms with Crippen LogP contribution >= 0.6 is 0 Å². The molecule has 0 fully saturated rings. The standard InChI is InChI=1S/C7H5NO3S.Na/c9-7(10)5-3-1-2-4-6(5)8(11)12;/h1-4H,(H,9,10);/q;+1/p-1. The minimum Gasteiger partial charge on any atom is -0.545 e. The third-order valence-electron chi connectivity index (χ3n) is 1.32. The van der Waals surface area contributed by atoms with Gasteiger partial charge in [-0.15, -0.1) is 0 Å². The zero-order valence-electron chi connectivity index (χ0n) is 6.89. The Morgan fingerprint density at radius 2 is 1.92 bits per heavy atom. The number of hydrogen-bond acceptors (Lipinski definition) is 4. The molecule has 13 heavy (non-hydrogen) atoms. The van der Waals surface area contributed by atoms with Crippen molar-refractivity contribution in [2.24, 2.45) is 0 Å². The number of carboxylic acids is 1. The molecule has 0 atom stereocenters. The van der Waals surface area contributed by atoms with Crippen LogP contribution in [0.15, 0.2) is 24.3 Å². The molecule has 0 spiro atoms. The van der Waals surface area contributed by atoms with Crippen LogP contribution in [0.25, 0.3) is 0 Å². The Kier molecular flexibility index (Phi) is 5.09. The third-order valence-corrected chi connectivity index (χ3v) is 1.52. The fourth-order valence-electron chi connectivity index (χ4n) is 0.805. The van der Waals surface area contributed by atoms with Crippen molar-refractivity contribution < 1.29 is 43.6 Å². The summed E-state index contributed by atoms with van der Waals surface area (Å²) < 4.78 is 0.0745. The van der Waals surface area contributed by atoms with Crippen molar-refractivity contribution in [1.82, 2.24) is 0 Å². The van der Waals surface area contributed by atoms with E-state index in [0.29, 0.717) is 0 Å². The van der Waals surface area contributed by atoms with E-state index in [-0.39, 0.29) is 45.0 Å². The van der Waals surface area contributed by atoms with E-state index in [2.05, 4.69) is 12.8 Å². The number of nitrogens with zero attached hydrogens (tertiary/aromatic N) is 1. The van der Waals surface area contributed by atoms with E-state index in [9.17, 15) is 14.8 Å². The van der Waals surface area contributed by atoms with Gasteiger partial charge in [0, 0.05) is 11.0 Å². The number of carbonyl (C=O) groups is 1. The molecule has 0 aliphatic rings. The van der Waals surface area contributed by atoms with E-state index in [1.165, 1.54) is 24.3 Å². The van der Waals surface area contributed by atoms with Crippen molar-refractivity contribution in [3.05, 3.63) is 34.7 Å². The zero-order valence-corrected chi connectivity index (χ0v) is 9.71. The summed E-state index contributed by atoms with van der Waals surface area (Å²) in [4.78, 5) is 21.0. The number of carboxylic acid groups (broad SMARTS) is 1. The first-order valence-corrected chi connectivity index (χ1v) is 3.44. The van der Waals surface area contributed by atoms with Gasteiger partial charge in [-0.2, -0.15) is 0 Å². The zero-order chi connectivity index (χ0) is 9.14. The molecule has 0 bridgehead atoms. The van der Waals surface area contributed by atoms with Gasteiger partial charge in [-0.05, 0) is 6.07 Å². The maximum atomic E-state index is 10.6. The number of rotatable bonds is 2. The first-order valence-electron chi connectivity index (χ1n) is 3.07. The molecular formula is C7H4NNaO3S. The summed E-state index contributed by atoms with van der Waals surface area (Å²) >= 11 is 4.24. The van der Waals surface area contributed by atoms with E-state index in [1.807, 2.05) is 0 Å². The summed E-state index contributed by atoms with van der Waals surface area (Å²) in [6, 6.07) is 5.61. The number of para-hydroxylation sites is 1. The van der Waals surface area contributed by atoms with Crippen LogP contribution in [0.3, 0.4) is 0 Å². The molecule has 0 amide bonds. The first kappa shape index (κ1) is 12.5. The SMILES string of the molecule is O=C([O-])c1ccccc1[N+](=O)[S-].[Na+]. The molecule has 0 heterocycles. The minimum atomic E-state index is -1.41. The molecule has 0 saturated carbocycles. The summed E-state index contributed by atoms with van der Waals surface area (Å²) in [5.74, 6) is -1.41. The quantitative estimate of drug-likeness (QED) is 0.292. The number of nitroso groups, excluding NO2 is 1. The second-order valence-electron chi connectivity index (χ2n) is 2.06. The van der Waals surface area contributed by atoms with Crippen LogP contribution in [0, 0.1) is 4.91 Å². The van der Waals surface area contributed by atoms with Crippen LogP contribution in [0.1, 0.15) is 10.4 Å². The van der Waals surface area contributed by atoms with E-state index >= 15 is 0 Å². The molecule has 0 radical (unpaired) electrons. The summed E-state index contributed by atoms with van der Waals surface area (Å²) in [7, 11) is 0. The van der Waals surface area contributed by atoms with Crippen LogP contribution in [-0.2, 0) is 12.8 Å². The van der Waals surface area contributed by atoms with Crippen LogP contribution < -0.4 is 34.7 Å². The van der Waals surface area contributed by atoms with Crippen molar-refractivity contribution in [3.63, 3.8) is 0 Å². The van der Waals surface area contributed by atoms with Gasteiger partial charge in [-0.25, -0.2) is 0 Å². The molecule has 4 nitrogen and oxygen atoms in total. The van der Waals surface area contributed by atoms with Crippen molar-refractivity contribution in [3.8, 4) is 0 Å². The molecule has 0 N–H and O–H groups in total. The Bertz CT molecular complexity index is 309. The Morgan fingerprint density at radius 3 is 2.31 bits per heavy atom. The first-order chi connectivity index (χ1) is 5.63. The largest absolute Gasteiger partial charge is 1.00 e. The second-order valence-corrected chi connectivity index (χ2v) is 2.39. The summed E-state index contributed by atoms with van der Waals surface area (Å²) in [5, 5.41) is 10.4. The molecule has 0 aliphatic heterocycles. The van der Waals surface area contributed by atoms with Gasteiger partial charge in [0.15, 0.2) is 0 Å². The van der Waals surface area contributed by atoms with Gasteiger partial charge >= 0.3 is 29.6 Å². The number of carbonyl (C=O) groups excluding carboxylic acids is 1. The molecule has 62 valence electrons. The fourth-order valence-corrected chi connectivity index (χ4v) is 0.965. The van der Waals surface area contributed by atoms with Gasteiger partial charge in [0.1, 0.15) is 0 Å². The smallest absolute Gasteiger partial charge is 0.545 e. The third kappa shape index (κ3) is 3.04. The fraction of sp³-hybridized carbons (Fsp3) is 0. The molecule has 0 aliphatic carbocycles. The van der Waals surface area contributed by atoms with Gasteiger partial charge in [0.05, 0.1) is 11.5 Å². The van der Waals surface area contributed by atoms with E-state index < -0.39 is 5.97 Å². The predicted molar refractivity (Wildman–Crippen MR) is 41.4 cm³/mol. The summed E-state index contributed by atoms with van der Waals surface area (Å²) in [6.45, 7) is 0. The summed E-state index contributed by atoms with van der Waals surface area (Å²) in [6.07, 6.45) is 0. The number of benzene rings is 1. The Balaban J connectivity index is 0.00000144. The Hall–Kier alpha value is -0.490. The predicted octanol–water partition coefficient (Wildman–Crippen LogP) is -3.07. The van der Waals surface area contributed by atoms with Crippen molar-refractivity contribution in [2.75, 3.05) is 0 Å². The Labute approximate surface area is 102 Å². The van der Waals surface area contributed by atoms with Gasteiger partial charge < -0.3 is 22.7 Å². The van der Waals surface area contributed by atoms with Gasteiger partial charge in [-0.3, -0.25) is 0 Å². The van der Waals surface area contributed by atoms with Gasteiger partial charge in [-0.1, -0.05) is 16.3 Å². The van der Waals surface area contributed by atoms with Crippen molar-refractivity contribution in [2.45, 2.75) is 0 Å². The van der Waals surface area contributed by atoms with Crippen LogP contribution in [0.4, 0.5) is 5.69 Å². The molecule has 0 saturated heterocycles. The molecule has 0 aromatic heterocycles. The normalized spacial score (nSPS) is 8.62. The molecule has 1 aromatic carbocycles. The topological polar surface area (TPSA) is 60.2 Å². The van der Waals surface area contributed by atoms with Crippen molar-refractivity contribution >= 4 is 24.5 Å². The van der Waals surface area contributed by atoms with Gasteiger partial charge in [0.25, 0.3) is 0 Å².